The quantitative estimate of drug-likeness (QED) is 0.616. The summed E-state index contributed by atoms with van der Waals surface area (Å²) in [5.41, 5.74) is 2.79. The average Bonchev–Trinajstić information content (AvgIpc) is 3.02. The minimum Gasteiger partial charge on any atom is -0.404 e. The summed E-state index contributed by atoms with van der Waals surface area (Å²) < 4.78 is 44.6. The Hall–Kier alpha value is -2.13. The molecule has 186 valence electrons. The van der Waals surface area contributed by atoms with E-state index in [4.69, 9.17) is 5.10 Å². The zero-order valence-electron chi connectivity index (χ0n) is 20.7. The van der Waals surface area contributed by atoms with Gasteiger partial charge in [-0.3, -0.25) is 19.5 Å². The molecule has 5 rings (SSSR count). The van der Waals surface area contributed by atoms with Crippen LogP contribution < -0.4 is 4.74 Å². The lowest BCUT2D eigenvalue weighted by molar-refractivity contribution is -0.274. The molecule has 2 saturated heterocycles. The van der Waals surface area contributed by atoms with E-state index >= 15 is 0 Å². The maximum Gasteiger partial charge on any atom is 0.573 e. The van der Waals surface area contributed by atoms with Gasteiger partial charge in [-0.05, 0) is 65.5 Å². The summed E-state index contributed by atoms with van der Waals surface area (Å²) in [5, 5.41) is 4.77. The van der Waals surface area contributed by atoms with E-state index in [1.54, 1.807) is 6.20 Å². The normalized spacial score (nSPS) is 26.1. The van der Waals surface area contributed by atoms with Crippen LogP contribution >= 0.6 is 0 Å². The predicted octanol–water partition coefficient (Wildman–Crippen LogP) is 4.86. The number of piperidine rings is 1. The highest BCUT2D eigenvalue weighted by Gasteiger charge is 2.59. The third-order valence-corrected chi connectivity index (χ3v) is 7.71. The van der Waals surface area contributed by atoms with Crippen LogP contribution in [0.5, 0.6) is 5.75 Å². The van der Waals surface area contributed by atoms with Crippen LogP contribution in [0.25, 0.3) is 11.3 Å². The van der Waals surface area contributed by atoms with Gasteiger partial charge in [0, 0.05) is 67.2 Å². The highest BCUT2D eigenvalue weighted by Crippen LogP contribution is 2.59. The molecule has 34 heavy (non-hydrogen) atoms. The fraction of sp³-hybridized carbons (Fsp3) is 0.680. The minimum absolute atomic E-state index is 0.164. The van der Waals surface area contributed by atoms with Crippen molar-refractivity contribution < 1.29 is 17.9 Å². The SMILES string of the molecule is Cc1ncc(-c2cc(C3C4CN(C5CN(C(C)(C)C)C5)CC43)n(C(C)C)n2)cc1OC(F)(F)F. The van der Waals surface area contributed by atoms with Gasteiger partial charge in [0.05, 0.1) is 11.4 Å². The third-order valence-electron chi connectivity index (χ3n) is 7.71. The molecule has 4 heterocycles. The van der Waals surface area contributed by atoms with Gasteiger partial charge in [0.2, 0.25) is 0 Å². The number of aromatic nitrogens is 3. The van der Waals surface area contributed by atoms with Gasteiger partial charge in [-0.2, -0.15) is 5.10 Å². The lowest BCUT2D eigenvalue weighted by Crippen LogP contribution is -2.64. The first-order valence-electron chi connectivity index (χ1n) is 12.1. The van der Waals surface area contributed by atoms with Crippen molar-refractivity contribution in [3.63, 3.8) is 0 Å². The van der Waals surface area contributed by atoms with Crippen molar-refractivity contribution in [3.05, 3.63) is 29.7 Å². The number of halogens is 3. The number of rotatable bonds is 5. The summed E-state index contributed by atoms with van der Waals surface area (Å²) in [6.45, 7) is 17.0. The average molecular weight is 478 g/mol. The van der Waals surface area contributed by atoms with Gasteiger partial charge in [0.15, 0.2) is 5.75 Å². The molecule has 0 bridgehead atoms. The zero-order chi connectivity index (χ0) is 24.6. The van der Waals surface area contributed by atoms with E-state index in [1.165, 1.54) is 18.7 Å². The van der Waals surface area contributed by atoms with Gasteiger partial charge in [-0.25, -0.2) is 0 Å². The number of pyridine rings is 1. The molecule has 2 aromatic rings. The van der Waals surface area contributed by atoms with E-state index < -0.39 is 6.36 Å². The molecule has 2 unspecified atom stereocenters. The second kappa shape index (κ2) is 7.95. The summed E-state index contributed by atoms with van der Waals surface area (Å²) in [6, 6.07) is 4.25. The van der Waals surface area contributed by atoms with E-state index in [0.29, 0.717) is 35.1 Å². The molecule has 3 fully saturated rings. The first kappa shape index (κ1) is 23.6. The van der Waals surface area contributed by atoms with Crippen LogP contribution in [0.4, 0.5) is 13.2 Å². The molecular formula is C25H34F3N5O. The number of fused-ring (bicyclic) bond motifs is 1. The van der Waals surface area contributed by atoms with Crippen LogP contribution in [-0.2, 0) is 0 Å². The number of ether oxygens (including phenoxy) is 1. The van der Waals surface area contributed by atoms with Crippen LogP contribution in [0, 0.1) is 18.8 Å². The van der Waals surface area contributed by atoms with E-state index in [2.05, 4.69) is 54.1 Å². The maximum atomic E-state index is 12.8. The van der Waals surface area contributed by atoms with Crippen molar-refractivity contribution >= 4 is 0 Å². The van der Waals surface area contributed by atoms with Gasteiger partial charge in [0.1, 0.15) is 0 Å². The molecule has 1 saturated carbocycles. The Bertz CT molecular complexity index is 1060. The van der Waals surface area contributed by atoms with Crippen molar-refractivity contribution in [2.24, 2.45) is 11.8 Å². The lowest BCUT2D eigenvalue weighted by atomic mass is 9.96. The molecule has 6 nitrogen and oxygen atoms in total. The lowest BCUT2D eigenvalue weighted by Gasteiger charge is -2.51. The Labute approximate surface area is 199 Å². The van der Waals surface area contributed by atoms with Crippen LogP contribution in [0.3, 0.4) is 0 Å². The maximum absolute atomic E-state index is 12.8. The summed E-state index contributed by atoms with van der Waals surface area (Å²) >= 11 is 0. The van der Waals surface area contributed by atoms with Crippen molar-refractivity contribution in [1.82, 2.24) is 24.6 Å². The molecule has 0 aromatic carbocycles. The van der Waals surface area contributed by atoms with E-state index in [0.717, 1.165) is 26.2 Å². The molecule has 9 heteroatoms. The van der Waals surface area contributed by atoms with Crippen LogP contribution in [0.2, 0.25) is 0 Å². The van der Waals surface area contributed by atoms with Crippen LogP contribution in [0.15, 0.2) is 18.3 Å². The Balaban J connectivity index is 1.31. The number of aryl methyl sites for hydroxylation is 1. The number of nitrogens with zero attached hydrogens (tertiary/aromatic N) is 5. The fourth-order valence-electron chi connectivity index (χ4n) is 5.62. The Kier molecular flexibility index (Phi) is 5.52. The van der Waals surface area contributed by atoms with Gasteiger partial charge in [-0.15, -0.1) is 13.2 Å². The predicted molar refractivity (Wildman–Crippen MR) is 124 cm³/mol. The first-order chi connectivity index (χ1) is 15.8. The van der Waals surface area contributed by atoms with E-state index in [1.807, 2.05) is 10.7 Å². The summed E-state index contributed by atoms with van der Waals surface area (Å²) in [7, 11) is 0. The van der Waals surface area contributed by atoms with Crippen molar-refractivity contribution in [2.45, 2.75) is 71.4 Å². The summed E-state index contributed by atoms with van der Waals surface area (Å²) in [6.07, 6.45) is -3.18. The fourth-order valence-corrected chi connectivity index (χ4v) is 5.62. The van der Waals surface area contributed by atoms with E-state index in [-0.39, 0.29) is 23.0 Å². The Morgan fingerprint density at radius 1 is 1.03 bits per heavy atom. The van der Waals surface area contributed by atoms with Gasteiger partial charge in [0.25, 0.3) is 0 Å². The molecule has 2 aliphatic heterocycles. The highest BCUT2D eigenvalue weighted by molar-refractivity contribution is 5.61. The second-order valence-electron chi connectivity index (χ2n) is 11.4. The minimum atomic E-state index is -4.75. The molecular weight excluding hydrogens is 443 g/mol. The number of hydrogen-bond acceptors (Lipinski definition) is 5. The molecule has 1 aliphatic carbocycles. The molecule has 3 aliphatic rings. The summed E-state index contributed by atoms with van der Waals surface area (Å²) in [5.74, 6) is 1.44. The van der Waals surface area contributed by atoms with Gasteiger partial charge < -0.3 is 4.74 Å². The molecule has 0 amide bonds. The number of alkyl halides is 3. The van der Waals surface area contributed by atoms with Gasteiger partial charge in [-0.1, -0.05) is 0 Å². The second-order valence-corrected chi connectivity index (χ2v) is 11.4. The first-order valence-corrected chi connectivity index (χ1v) is 12.1. The number of likely N-dealkylation sites (tertiary alicyclic amines) is 2. The molecule has 0 spiro atoms. The topological polar surface area (TPSA) is 46.4 Å². The molecule has 0 radical (unpaired) electrons. The standard InChI is InChI=1S/C25H34F3N5O/c1-14(2)33-21(8-20(30-33)16-7-22(15(3)29-9-16)34-25(26,27)28)23-18-12-31(13-19(18)23)17-10-32(11-17)24(4,5)6/h7-9,14,17-19,23H,10-13H2,1-6H3. The van der Waals surface area contributed by atoms with E-state index in [9.17, 15) is 13.2 Å². The number of hydrogen-bond donors (Lipinski definition) is 0. The van der Waals surface area contributed by atoms with Crippen molar-refractivity contribution in [2.75, 3.05) is 26.2 Å². The molecule has 2 atom stereocenters. The smallest absolute Gasteiger partial charge is 0.404 e. The van der Waals surface area contributed by atoms with Crippen LogP contribution in [-0.4, -0.2) is 68.7 Å². The highest BCUT2D eigenvalue weighted by atomic mass is 19.4. The Morgan fingerprint density at radius 2 is 1.68 bits per heavy atom. The van der Waals surface area contributed by atoms with Gasteiger partial charge >= 0.3 is 6.36 Å². The third kappa shape index (κ3) is 4.33. The monoisotopic (exact) mass is 477 g/mol. The zero-order valence-corrected chi connectivity index (χ0v) is 20.7. The largest absolute Gasteiger partial charge is 0.573 e. The van der Waals surface area contributed by atoms with Crippen molar-refractivity contribution in [3.8, 4) is 17.0 Å². The van der Waals surface area contributed by atoms with Crippen LogP contribution in [0.1, 0.15) is 58.0 Å². The molecule has 2 aromatic heterocycles. The van der Waals surface area contributed by atoms with Crippen molar-refractivity contribution in [1.29, 1.82) is 0 Å². The molecule has 0 N–H and O–H groups in total. The summed E-state index contributed by atoms with van der Waals surface area (Å²) in [4.78, 5) is 9.31. The Morgan fingerprint density at radius 3 is 2.24 bits per heavy atom.